The minimum Gasteiger partial charge on any atom is -0.382 e. The third-order valence-corrected chi connectivity index (χ3v) is 3.92. The van der Waals surface area contributed by atoms with Crippen molar-refractivity contribution in [2.24, 2.45) is 4.99 Å². The van der Waals surface area contributed by atoms with Crippen molar-refractivity contribution in [3.63, 3.8) is 0 Å². The maximum atomic E-state index is 5.35. The molecule has 0 aliphatic heterocycles. The fourth-order valence-electron chi connectivity index (χ4n) is 2.49. The van der Waals surface area contributed by atoms with Crippen LogP contribution in [0, 0.1) is 0 Å². The number of rotatable bonds is 13. The Labute approximate surface area is 153 Å². The second kappa shape index (κ2) is 14.6. The number of anilines is 1. The van der Waals surface area contributed by atoms with Crippen LogP contribution in [0.1, 0.15) is 39.5 Å². The average Bonchev–Trinajstić information content (AvgIpc) is 2.64. The molecule has 0 spiro atoms. The van der Waals surface area contributed by atoms with Gasteiger partial charge in [0.05, 0.1) is 0 Å². The van der Waals surface area contributed by atoms with Crippen LogP contribution in [0.25, 0.3) is 0 Å². The Bertz CT molecular complexity index is 450. The largest absolute Gasteiger partial charge is 0.382 e. The summed E-state index contributed by atoms with van der Waals surface area (Å²) in [7, 11) is 2.15. The van der Waals surface area contributed by atoms with Crippen molar-refractivity contribution in [2.45, 2.75) is 39.5 Å². The Morgan fingerprint density at radius 3 is 2.56 bits per heavy atom. The Balaban J connectivity index is 2.15. The molecule has 5 heteroatoms. The van der Waals surface area contributed by atoms with Crippen LogP contribution in [-0.4, -0.2) is 52.4 Å². The molecule has 0 unspecified atom stereocenters. The molecule has 142 valence electrons. The van der Waals surface area contributed by atoms with Crippen molar-refractivity contribution in [3.8, 4) is 0 Å². The molecule has 0 aliphatic carbocycles. The van der Waals surface area contributed by atoms with E-state index in [1.165, 1.54) is 5.69 Å². The molecule has 1 aromatic rings. The summed E-state index contributed by atoms with van der Waals surface area (Å²) >= 11 is 0. The summed E-state index contributed by atoms with van der Waals surface area (Å²) in [6, 6.07) is 10.5. The monoisotopic (exact) mass is 348 g/mol. The lowest BCUT2D eigenvalue weighted by atomic mass is 10.2. The number of guanidine groups is 1. The van der Waals surface area contributed by atoms with Crippen LogP contribution in [0.15, 0.2) is 35.3 Å². The van der Waals surface area contributed by atoms with E-state index in [2.05, 4.69) is 64.8 Å². The Morgan fingerprint density at radius 2 is 1.84 bits per heavy atom. The van der Waals surface area contributed by atoms with Crippen molar-refractivity contribution in [2.75, 3.05) is 51.3 Å². The van der Waals surface area contributed by atoms with Crippen molar-refractivity contribution in [1.82, 2.24) is 10.6 Å². The van der Waals surface area contributed by atoms with Crippen molar-refractivity contribution in [3.05, 3.63) is 30.3 Å². The first-order valence-corrected chi connectivity index (χ1v) is 9.64. The van der Waals surface area contributed by atoms with Gasteiger partial charge in [-0.1, -0.05) is 18.2 Å². The molecular formula is C20H36N4O. The number of aliphatic imine (C=N–C) groups is 1. The highest BCUT2D eigenvalue weighted by Crippen LogP contribution is 2.11. The van der Waals surface area contributed by atoms with E-state index < -0.39 is 0 Å². The third kappa shape index (κ3) is 10.7. The number of nitrogens with zero attached hydrogens (tertiary/aromatic N) is 2. The van der Waals surface area contributed by atoms with Gasteiger partial charge in [0.15, 0.2) is 5.96 Å². The third-order valence-electron chi connectivity index (χ3n) is 3.92. The summed E-state index contributed by atoms with van der Waals surface area (Å²) in [4.78, 5) is 6.92. The molecule has 0 saturated heterocycles. The zero-order chi connectivity index (χ0) is 18.2. The first-order valence-electron chi connectivity index (χ1n) is 9.64. The van der Waals surface area contributed by atoms with Crippen LogP contribution >= 0.6 is 0 Å². The van der Waals surface area contributed by atoms with Gasteiger partial charge in [0.2, 0.25) is 0 Å². The summed E-state index contributed by atoms with van der Waals surface area (Å²) in [5, 5.41) is 6.73. The Morgan fingerprint density at radius 1 is 1.04 bits per heavy atom. The number of ether oxygens (including phenoxy) is 1. The Kier molecular flexibility index (Phi) is 12.4. The second-order valence-electron chi connectivity index (χ2n) is 6.06. The second-order valence-corrected chi connectivity index (χ2v) is 6.06. The molecule has 2 N–H and O–H groups in total. The molecule has 0 fully saturated rings. The van der Waals surface area contributed by atoms with Gasteiger partial charge in [-0.05, 0) is 51.7 Å². The smallest absolute Gasteiger partial charge is 0.191 e. The molecule has 0 radical (unpaired) electrons. The average molecular weight is 349 g/mol. The van der Waals surface area contributed by atoms with Crippen LogP contribution in [-0.2, 0) is 4.74 Å². The van der Waals surface area contributed by atoms with E-state index in [1.807, 2.05) is 6.92 Å². The molecule has 1 aromatic carbocycles. The number of para-hydroxylation sites is 1. The lowest BCUT2D eigenvalue weighted by Gasteiger charge is -2.19. The molecule has 0 saturated carbocycles. The Hall–Kier alpha value is -1.75. The number of unbranched alkanes of at least 4 members (excludes halogenated alkanes) is 2. The molecule has 25 heavy (non-hydrogen) atoms. The van der Waals surface area contributed by atoms with Crippen molar-refractivity contribution < 1.29 is 4.74 Å². The summed E-state index contributed by atoms with van der Waals surface area (Å²) in [5.74, 6) is 0.926. The highest BCUT2D eigenvalue weighted by molar-refractivity contribution is 5.79. The van der Waals surface area contributed by atoms with Crippen LogP contribution < -0.4 is 15.5 Å². The van der Waals surface area contributed by atoms with Crippen LogP contribution in [0.2, 0.25) is 0 Å². The maximum Gasteiger partial charge on any atom is 0.191 e. The summed E-state index contributed by atoms with van der Waals surface area (Å²) in [5.41, 5.74) is 1.28. The molecule has 0 bridgehead atoms. The van der Waals surface area contributed by atoms with Gasteiger partial charge in [-0.15, -0.1) is 0 Å². The first kappa shape index (κ1) is 21.3. The van der Waals surface area contributed by atoms with E-state index in [0.717, 1.165) is 71.0 Å². The number of hydrogen-bond donors (Lipinski definition) is 2. The normalized spacial score (nSPS) is 11.4. The summed E-state index contributed by atoms with van der Waals surface area (Å²) < 4.78 is 5.35. The van der Waals surface area contributed by atoms with Crippen LogP contribution in [0.5, 0.6) is 0 Å². The van der Waals surface area contributed by atoms with E-state index in [-0.39, 0.29) is 0 Å². The van der Waals surface area contributed by atoms with Gasteiger partial charge >= 0.3 is 0 Å². The van der Waals surface area contributed by atoms with Gasteiger partial charge in [0.25, 0.3) is 0 Å². The molecule has 0 aliphatic rings. The molecule has 0 atom stereocenters. The van der Waals surface area contributed by atoms with Gasteiger partial charge < -0.3 is 20.3 Å². The highest BCUT2D eigenvalue weighted by Gasteiger charge is 2.00. The lowest BCUT2D eigenvalue weighted by Crippen LogP contribution is -2.38. The van der Waals surface area contributed by atoms with Crippen LogP contribution in [0.4, 0.5) is 5.69 Å². The first-order chi connectivity index (χ1) is 12.3. The summed E-state index contributed by atoms with van der Waals surface area (Å²) in [6.07, 6.45) is 4.43. The molecule has 0 aromatic heterocycles. The lowest BCUT2D eigenvalue weighted by molar-refractivity contribution is 0.144. The van der Waals surface area contributed by atoms with Gasteiger partial charge in [0.1, 0.15) is 0 Å². The van der Waals surface area contributed by atoms with Crippen molar-refractivity contribution >= 4 is 11.6 Å². The van der Waals surface area contributed by atoms with E-state index >= 15 is 0 Å². The fourth-order valence-corrected chi connectivity index (χ4v) is 2.49. The molecule has 1 rings (SSSR count). The number of nitrogens with one attached hydrogen (secondary N) is 2. The van der Waals surface area contributed by atoms with E-state index in [9.17, 15) is 0 Å². The predicted octanol–water partition coefficient (Wildman–Crippen LogP) is 3.27. The fraction of sp³-hybridized carbons (Fsp3) is 0.650. The minimum absolute atomic E-state index is 0.799. The van der Waals surface area contributed by atoms with E-state index in [1.54, 1.807) is 0 Å². The topological polar surface area (TPSA) is 48.9 Å². The SMILES string of the molecule is CCNC(=NCCCCOCC)NCCCCN(C)c1ccccc1. The van der Waals surface area contributed by atoms with Crippen LogP contribution in [0.3, 0.4) is 0 Å². The number of benzene rings is 1. The van der Waals surface area contributed by atoms with E-state index in [0.29, 0.717) is 0 Å². The van der Waals surface area contributed by atoms with Gasteiger partial charge in [0, 0.05) is 52.1 Å². The zero-order valence-corrected chi connectivity index (χ0v) is 16.3. The zero-order valence-electron chi connectivity index (χ0n) is 16.3. The quantitative estimate of drug-likeness (QED) is 0.326. The van der Waals surface area contributed by atoms with Gasteiger partial charge in [-0.3, -0.25) is 4.99 Å². The highest BCUT2D eigenvalue weighted by atomic mass is 16.5. The standard InChI is InChI=1S/C20H36N4O/c1-4-21-20(23-16-10-12-18-25-5-2)22-15-9-11-17-24(3)19-13-7-6-8-14-19/h6-8,13-14H,4-5,9-12,15-18H2,1-3H3,(H2,21,22,23). The predicted molar refractivity (Wildman–Crippen MR) is 109 cm³/mol. The molecule has 5 nitrogen and oxygen atoms in total. The van der Waals surface area contributed by atoms with Gasteiger partial charge in [-0.2, -0.15) is 0 Å². The van der Waals surface area contributed by atoms with Crippen molar-refractivity contribution in [1.29, 1.82) is 0 Å². The van der Waals surface area contributed by atoms with E-state index in [4.69, 9.17) is 4.74 Å². The molecule has 0 heterocycles. The molecular weight excluding hydrogens is 312 g/mol. The van der Waals surface area contributed by atoms with Gasteiger partial charge in [-0.25, -0.2) is 0 Å². The summed E-state index contributed by atoms with van der Waals surface area (Å²) in [6.45, 7) is 9.52. The number of hydrogen-bond acceptors (Lipinski definition) is 3. The molecule has 0 amide bonds. The minimum atomic E-state index is 0.799. The maximum absolute atomic E-state index is 5.35.